The number of nitrogens with one attached hydrogen (secondary N) is 3. The molecule has 11 nitrogen and oxygen atoms in total. The zero-order valence-electron chi connectivity index (χ0n) is 27.9. The van der Waals surface area contributed by atoms with Crippen LogP contribution in [0.4, 0.5) is 20.4 Å². The minimum absolute atomic E-state index is 0.191. The number of piperazine rings is 1. The van der Waals surface area contributed by atoms with Crippen molar-refractivity contribution in [2.24, 2.45) is 7.05 Å². The number of hydrogen-bond acceptors (Lipinski definition) is 9. The maximum atomic E-state index is 13.2. The molecule has 14 heteroatoms. The van der Waals surface area contributed by atoms with E-state index in [9.17, 15) is 23.2 Å². The third kappa shape index (κ3) is 7.82. The molecule has 262 valence electrons. The lowest BCUT2D eigenvalue weighted by atomic mass is 9.90. The molecule has 1 unspecified atom stereocenters. The van der Waals surface area contributed by atoms with Crippen LogP contribution in [0.15, 0.2) is 70.5 Å². The maximum absolute atomic E-state index is 13.2. The average molecular weight is 704 g/mol. The van der Waals surface area contributed by atoms with E-state index in [1.54, 1.807) is 22.7 Å². The zero-order valence-corrected chi connectivity index (χ0v) is 28.7. The van der Waals surface area contributed by atoms with Gasteiger partial charge in [0.2, 0.25) is 17.5 Å². The van der Waals surface area contributed by atoms with Crippen molar-refractivity contribution >= 4 is 46.4 Å². The van der Waals surface area contributed by atoms with Crippen LogP contribution in [-0.2, 0) is 23.2 Å². The number of amides is 2. The Morgan fingerprint density at radius 1 is 0.980 bits per heavy atom. The molecule has 2 aromatic carbocycles. The van der Waals surface area contributed by atoms with E-state index in [2.05, 4.69) is 71.1 Å². The van der Waals surface area contributed by atoms with E-state index < -0.39 is 17.5 Å². The summed E-state index contributed by atoms with van der Waals surface area (Å²) in [5.41, 5.74) is 2.32. The number of aromatic nitrogens is 3. The normalized spacial score (nSPS) is 19.7. The fourth-order valence-electron chi connectivity index (χ4n) is 6.97. The monoisotopic (exact) mass is 703 g/mol. The molecule has 3 aliphatic rings. The van der Waals surface area contributed by atoms with Gasteiger partial charge in [0.05, 0.1) is 36.2 Å². The van der Waals surface area contributed by atoms with Crippen LogP contribution in [0.3, 0.4) is 0 Å². The van der Waals surface area contributed by atoms with Crippen molar-refractivity contribution in [1.82, 2.24) is 24.5 Å². The first kappa shape index (κ1) is 34.1. The van der Waals surface area contributed by atoms with Gasteiger partial charge >= 0.3 is 5.95 Å². The fourth-order valence-corrected chi connectivity index (χ4v) is 8.01. The van der Waals surface area contributed by atoms with Crippen molar-refractivity contribution < 1.29 is 22.9 Å². The maximum Gasteiger partial charge on any atom is 0.393 e. The molecule has 2 amide bonds. The highest BCUT2D eigenvalue weighted by Gasteiger charge is 2.29. The van der Waals surface area contributed by atoms with E-state index in [1.807, 2.05) is 19.2 Å². The number of aryl methyl sites for hydroxylation is 1. The minimum Gasteiger partial charge on any atom is -0.369 e. The van der Waals surface area contributed by atoms with Crippen molar-refractivity contribution in [3.63, 3.8) is 0 Å². The van der Waals surface area contributed by atoms with E-state index in [-0.39, 0.29) is 29.4 Å². The topological polar surface area (TPSA) is 118 Å². The summed E-state index contributed by atoms with van der Waals surface area (Å²) in [5, 5.41) is 6.39. The lowest BCUT2D eigenvalue weighted by molar-refractivity contribution is -0.658. The Morgan fingerprint density at radius 2 is 1.74 bits per heavy atom. The largest absolute Gasteiger partial charge is 0.393 e. The molecule has 0 saturated carbocycles. The number of imide groups is 1. The third-order valence-electron chi connectivity index (χ3n) is 9.80. The number of pyridine rings is 1. The van der Waals surface area contributed by atoms with E-state index >= 15 is 0 Å². The first-order chi connectivity index (χ1) is 24.2. The molecule has 3 fully saturated rings. The molecule has 5 heterocycles. The van der Waals surface area contributed by atoms with Crippen LogP contribution in [0, 0.1) is 0 Å². The summed E-state index contributed by atoms with van der Waals surface area (Å²) in [7, 11) is 1.81. The van der Waals surface area contributed by atoms with Crippen LogP contribution in [0.2, 0.25) is 0 Å². The Hall–Kier alpha value is -4.40. The summed E-state index contributed by atoms with van der Waals surface area (Å²) >= 11 is 1.78. The zero-order chi connectivity index (χ0) is 34.8. The van der Waals surface area contributed by atoms with Crippen molar-refractivity contribution in [2.45, 2.75) is 55.5 Å². The number of anilines is 2. The number of benzene rings is 2. The van der Waals surface area contributed by atoms with Gasteiger partial charge in [-0.3, -0.25) is 34.9 Å². The molecular weight excluding hydrogens is 663 g/mol. The van der Waals surface area contributed by atoms with Crippen molar-refractivity contribution in [3.8, 4) is 0 Å². The molecule has 4 aromatic rings. The van der Waals surface area contributed by atoms with Gasteiger partial charge in [0, 0.05) is 62.8 Å². The number of fused-ring (bicyclic) bond motifs is 1. The first-order valence-corrected chi connectivity index (χ1v) is 17.9. The lowest BCUT2D eigenvalue weighted by Gasteiger charge is -2.36. The Labute approximate surface area is 293 Å². The first-order valence-electron chi connectivity index (χ1n) is 17.1. The second-order valence-corrected chi connectivity index (χ2v) is 14.4. The quantitative estimate of drug-likeness (QED) is 0.135. The molecule has 3 aliphatic heterocycles. The fraction of sp³-hybridized carbons (Fsp3) is 0.417. The molecule has 3 saturated heterocycles. The van der Waals surface area contributed by atoms with Crippen LogP contribution in [0.25, 0.3) is 11.0 Å². The minimum atomic E-state index is -2.84. The van der Waals surface area contributed by atoms with Gasteiger partial charge in [0.1, 0.15) is 0 Å². The molecular formula is C36H41F2N8O3S+. The summed E-state index contributed by atoms with van der Waals surface area (Å²) in [6.07, 6.45) is 1.63. The third-order valence-corrected chi connectivity index (χ3v) is 10.9. The van der Waals surface area contributed by atoms with Crippen molar-refractivity contribution in [2.75, 3.05) is 49.5 Å². The highest BCUT2D eigenvalue weighted by atomic mass is 32.2. The van der Waals surface area contributed by atoms with Gasteiger partial charge in [-0.15, -0.1) is 0 Å². The van der Waals surface area contributed by atoms with Crippen LogP contribution in [-0.4, -0.2) is 76.3 Å². The molecule has 1 atom stereocenters. The van der Waals surface area contributed by atoms with E-state index in [4.69, 9.17) is 0 Å². The summed E-state index contributed by atoms with van der Waals surface area (Å²) in [4.78, 5) is 48.9. The molecule has 3 N–H and O–H groups in total. The van der Waals surface area contributed by atoms with Gasteiger partial charge in [0.25, 0.3) is 12.0 Å². The van der Waals surface area contributed by atoms with E-state index in [0.29, 0.717) is 24.2 Å². The second-order valence-electron chi connectivity index (χ2n) is 13.3. The van der Waals surface area contributed by atoms with Gasteiger partial charge in [-0.1, -0.05) is 29.2 Å². The van der Waals surface area contributed by atoms with Crippen LogP contribution in [0.5, 0.6) is 0 Å². The van der Waals surface area contributed by atoms with Crippen LogP contribution < -0.4 is 25.7 Å². The highest BCUT2D eigenvalue weighted by molar-refractivity contribution is 7.97. The summed E-state index contributed by atoms with van der Waals surface area (Å²) in [5.74, 6) is -0.0699. The van der Waals surface area contributed by atoms with E-state index in [0.717, 1.165) is 69.9 Å². The Morgan fingerprint density at radius 3 is 2.46 bits per heavy atom. The molecule has 0 radical (unpaired) electrons. The summed E-state index contributed by atoms with van der Waals surface area (Å²) in [6, 6.07) is 18.4. The molecule has 7 rings (SSSR count). The molecule has 0 bridgehead atoms. The summed E-state index contributed by atoms with van der Waals surface area (Å²) < 4.78 is 30.5. The standard InChI is InChI=1S/C36H40F2N8O3S/c1-43-22-25-20-30(32(37)38)35(49)41-33(25)42-36(43)39-26-11-13-46(14-12-26)50-28-4-2-3-23(19-28)21-44-15-17-45(18-16-44)27-7-5-24(6-8-27)29-9-10-31(47)40-34(29)48/h2-8,19-20,22,26,29,32H,9-18,21H2,1H3,(H2,39,40,41,42,47,48,49)/p+1. The number of halogens is 2. The van der Waals surface area contributed by atoms with Crippen LogP contribution >= 0.6 is 11.9 Å². The number of alkyl halides is 2. The average Bonchev–Trinajstić information content (AvgIpc) is 3.10. The number of rotatable bonds is 9. The van der Waals surface area contributed by atoms with Gasteiger partial charge < -0.3 is 4.90 Å². The molecule has 0 spiro atoms. The van der Waals surface area contributed by atoms with Gasteiger partial charge in [0.15, 0.2) is 0 Å². The molecule has 2 aromatic heterocycles. The van der Waals surface area contributed by atoms with Gasteiger partial charge in [-0.05, 0) is 72.7 Å². The number of piperidine rings is 2. The molecule has 0 aliphatic carbocycles. The summed E-state index contributed by atoms with van der Waals surface area (Å²) in [6.45, 7) is 6.48. The van der Waals surface area contributed by atoms with Gasteiger partial charge in [-0.25, -0.2) is 17.7 Å². The SMILES string of the molecule is C[n+]1cc2cc(C(F)F)c(=O)[nH]c2nc1NC1CCN(Sc2cccc(CN3CCN(c4ccc(C5CCC(=O)NC5=O)cc4)CC3)c2)CC1. The lowest BCUT2D eigenvalue weighted by Crippen LogP contribution is -2.46. The van der Waals surface area contributed by atoms with E-state index in [1.165, 1.54) is 16.5 Å². The van der Waals surface area contributed by atoms with Crippen LogP contribution in [0.1, 0.15) is 54.7 Å². The smallest absolute Gasteiger partial charge is 0.369 e. The van der Waals surface area contributed by atoms with Crippen molar-refractivity contribution in [3.05, 3.63) is 87.8 Å². The predicted octanol–water partition coefficient (Wildman–Crippen LogP) is 4.11. The number of hydrogen-bond donors (Lipinski definition) is 3. The number of aromatic amines is 1. The second kappa shape index (κ2) is 14.8. The van der Waals surface area contributed by atoms with Crippen molar-refractivity contribution in [1.29, 1.82) is 0 Å². The Kier molecular flexibility index (Phi) is 10.1. The Balaban J connectivity index is 0.874. The number of carbonyl (C=O) groups excluding carboxylic acids is 2. The van der Waals surface area contributed by atoms with Gasteiger partial charge in [-0.2, -0.15) is 0 Å². The number of nitrogens with zero attached hydrogens (tertiary/aromatic N) is 5. The number of carbonyl (C=O) groups is 2. The highest BCUT2D eigenvalue weighted by Crippen LogP contribution is 2.30. The molecule has 50 heavy (non-hydrogen) atoms. The number of H-pyrrole nitrogens is 1. The Bertz CT molecular complexity index is 1930. The predicted molar refractivity (Wildman–Crippen MR) is 188 cm³/mol.